The van der Waals surface area contributed by atoms with Gasteiger partial charge in [0.05, 0.1) is 11.7 Å². The number of hydrogen-bond acceptors (Lipinski definition) is 3. The summed E-state index contributed by atoms with van der Waals surface area (Å²) in [5.74, 6) is 2.40. The molecule has 29 heavy (non-hydrogen) atoms. The minimum absolute atomic E-state index is 0.0595. The molecule has 3 heterocycles. The molecule has 0 bridgehead atoms. The standard InChI is InChI=1S/C24H28N4O/c1-18(2)24-25-15-17-28(24)22-12-6-10-20(26-22)21-11-7-16-27(21)23(29)14-13-19-8-4-3-5-9-19/h3-6,8-10,12,15,17-18,21H,7,11,13-14,16H2,1-2H3/t21-/m1/s1. The molecule has 1 fully saturated rings. The smallest absolute Gasteiger partial charge is 0.223 e. The number of carbonyl (C=O) groups is 1. The van der Waals surface area contributed by atoms with Gasteiger partial charge in [0.15, 0.2) is 0 Å². The molecule has 0 spiro atoms. The Balaban J connectivity index is 1.51. The summed E-state index contributed by atoms with van der Waals surface area (Å²) in [5.41, 5.74) is 2.18. The van der Waals surface area contributed by atoms with Gasteiger partial charge in [0.2, 0.25) is 5.91 Å². The Morgan fingerprint density at radius 2 is 1.97 bits per heavy atom. The lowest BCUT2D eigenvalue weighted by Gasteiger charge is -2.25. The van der Waals surface area contributed by atoms with Crippen LogP contribution in [0, 0.1) is 0 Å². The predicted molar refractivity (Wildman–Crippen MR) is 114 cm³/mol. The lowest BCUT2D eigenvalue weighted by molar-refractivity contribution is -0.132. The van der Waals surface area contributed by atoms with Gasteiger partial charge in [-0.25, -0.2) is 9.97 Å². The number of imidazole rings is 1. The van der Waals surface area contributed by atoms with Crippen LogP contribution in [0.4, 0.5) is 0 Å². The highest BCUT2D eigenvalue weighted by Gasteiger charge is 2.30. The third-order valence-electron chi connectivity index (χ3n) is 5.57. The first kappa shape index (κ1) is 19.4. The second-order valence-corrected chi connectivity index (χ2v) is 7.96. The summed E-state index contributed by atoms with van der Waals surface area (Å²) in [4.78, 5) is 24.4. The zero-order chi connectivity index (χ0) is 20.2. The van der Waals surface area contributed by atoms with Gasteiger partial charge >= 0.3 is 0 Å². The summed E-state index contributed by atoms with van der Waals surface area (Å²) in [5, 5.41) is 0. The predicted octanol–water partition coefficient (Wildman–Crippen LogP) is 4.69. The van der Waals surface area contributed by atoms with Crippen LogP contribution in [0.2, 0.25) is 0 Å². The van der Waals surface area contributed by atoms with Crippen molar-refractivity contribution in [3.05, 3.63) is 78.0 Å². The van der Waals surface area contributed by atoms with E-state index in [1.54, 1.807) is 0 Å². The normalized spacial score (nSPS) is 16.5. The van der Waals surface area contributed by atoms with Gasteiger partial charge in [0.25, 0.3) is 0 Å². The van der Waals surface area contributed by atoms with Crippen molar-refractivity contribution in [2.45, 2.75) is 51.5 Å². The lowest BCUT2D eigenvalue weighted by Crippen LogP contribution is -2.31. The van der Waals surface area contributed by atoms with Crippen LogP contribution in [0.5, 0.6) is 0 Å². The third kappa shape index (κ3) is 4.24. The summed E-state index contributed by atoms with van der Waals surface area (Å²) in [6, 6.07) is 16.4. The average Bonchev–Trinajstić information content (AvgIpc) is 3.42. The molecule has 0 saturated carbocycles. The van der Waals surface area contributed by atoms with Crippen LogP contribution in [-0.2, 0) is 11.2 Å². The highest BCUT2D eigenvalue weighted by molar-refractivity contribution is 5.77. The van der Waals surface area contributed by atoms with Crippen LogP contribution in [0.25, 0.3) is 5.82 Å². The third-order valence-corrected chi connectivity index (χ3v) is 5.57. The van der Waals surface area contributed by atoms with Crippen molar-refractivity contribution >= 4 is 5.91 Å². The molecule has 1 atom stereocenters. The topological polar surface area (TPSA) is 51.0 Å². The molecule has 4 rings (SSSR count). The van der Waals surface area contributed by atoms with Crippen LogP contribution < -0.4 is 0 Å². The number of rotatable bonds is 6. The van der Waals surface area contributed by atoms with E-state index >= 15 is 0 Å². The summed E-state index contributed by atoms with van der Waals surface area (Å²) >= 11 is 0. The molecule has 5 nitrogen and oxygen atoms in total. The molecule has 0 radical (unpaired) electrons. The van der Waals surface area contributed by atoms with Crippen LogP contribution in [0.1, 0.15) is 62.2 Å². The second kappa shape index (κ2) is 8.60. The molecule has 5 heteroatoms. The number of benzene rings is 1. The Bertz CT molecular complexity index is 964. The average molecular weight is 389 g/mol. The Labute approximate surface area is 172 Å². The first-order valence-corrected chi connectivity index (χ1v) is 10.5. The molecular formula is C24H28N4O. The fraction of sp³-hybridized carbons (Fsp3) is 0.375. The molecule has 0 aliphatic carbocycles. The number of likely N-dealkylation sites (tertiary alicyclic amines) is 1. The molecule has 0 unspecified atom stereocenters. The van der Waals surface area contributed by atoms with E-state index in [-0.39, 0.29) is 11.9 Å². The first-order chi connectivity index (χ1) is 14.1. The number of aryl methyl sites for hydroxylation is 1. The van der Waals surface area contributed by atoms with Crippen molar-refractivity contribution < 1.29 is 4.79 Å². The van der Waals surface area contributed by atoms with Gasteiger partial charge in [-0.2, -0.15) is 0 Å². The van der Waals surface area contributed by atoms with E-state index in [0.717, 1.165) is 43.1 Å². The van der Waals surface area contributed by atoms with Gasteiger partial charge in [0, 0.05) is 31.3 Å². The largest absolute Gasteiger partial charge is 0.334 e. The van der Waals surface area contributed by atoms with Gasteiger partial charge in [-0.15, -0.1) is 0 Å². The molecule has 150 valence electrons. The van der Waals surface area contributed by atoms with E-state index in [4.69, 9.17) is 4.98 Å². The van der Waals surface area contributed by atoms with Crippen molar-refractivity contribution in [2.24, 2.45) is 0 Å². The first-order valence-electron chi connectivity index (χ1n) is 10.5. The van der Waals surface area contributed by atoms with E-state index in [1.165, 1.54) is 5.56 Å². The lowest BCUT2D eigenvalue weighted by atomic mass is 10.1. The number of nitrogens with zero attached hydrogens (tertiary/aromatic N) is 4. The number of carbonyl (C=O) groups excluding carboxylic acids is 1. The molecule has 1 saturated heterocycles. The van der Waals surface area contributed by atoms with Gasteiger partial charge in [-0.3, -0.25) is 9.36 Å². The van der Waals surface area contributed by atoms with Gasteiger partial charge in [0.1, 0.15) is 11.6 Å². The minimum Gasteiger partial charge on any atom is -0.334 e. The van der Waals surface area contributed by atoms with Crippen LogP contribution in [-0.4, -0.2) is 31.9 Å². The number of aromatic nitrogens is 3. The number of hydrogen-bond donors (Lipinski definition) is 0. The van der Waals surface area contributed by atoms with Gasteiger partial charge in [-0.05, 0) is 37.0 Å². The summed E-state index contributed by atoms with van der Waals surface area (Å²) < 4.78 is 2.05. The van der Waals surface area contributed by atoms with E-state index in [0.29, 0.717) is 12.3 Å². The van der Waals surface area contributed by atoms with Gasteiger partial charge < -0.3 is 4.90 Å². The van der Waals surface area contributed by atoms with E-state index in [2.05, 4.69) is 31.0 Å². The fourth-order valence-corrected chi connectivity index (χ4v) is 4.11. The molecule has 1 aliphatic heterocycles. The van der Waals surface area contributed by atoms with Crippen molar-refractivity contribution in [1.82, 2.24) is 19.4 Å². The number of pyridine rings is 1. The molecule has 1 aromatic carbocycles. The fourth-order valence-electron chi connectivity index (χ4n) is 4.11. The summed E-state index contributed by atoms with van der Waals surface area (Å²) in [6.45, 7) is 5.08. The minimum atomic E-state index is 0.0595. The quantitative estimate of drug-likeness (QED) is 0.616. The Hall–Kier alpha value is -2.95. The van der Waals surface area contributed by atoms with Crippen molar-refractivity contribution in [1.29, 1.82) is 0 Å². The van der Waals surface area contributed by atoms with Crippen molar-refractivity contribution in [2.75, 3.05) is 6.54 Å². The molecule has 3 aromatic rings. The molecular weight excluding hydrogens is 360 g/mol. The molecule has 1 aliphatic rings. The Kier molecular flexibility index (Phi) is 5.74. The van der Waals surface area contributed by atoms with Crippen molar-refractivity contribution in [3.8, 4) is 5.82 Å². The zero-order valence-corrected chi connectivity index (χ0v) is 17.2. The Morgan fingerprint density at radius 1 is 1.14 bits per heavy atom. The maximum absolute atomic E-state index is 12.9. The monoisotopic (exact) mass is 388 g/mol. The van der Waals surface area contributed by atoms with E-state index in [9.17, 15) is 4.79 Å². The Morgan fingerprint density at radius 3 is 2.76 bits per heavy atom. The SMILES string of the molecule is CC(C)c1nccn1-c1cccc([C@H]2CCCN2C(=O)CCc2ccccc2)n1. The maximum atomic E-state index is 12.9. The second-order valence-electron chi connectivity index (χ2n) is 7.96. The van der Waals surface area contributed by atoms with Crippen LogP contribution in [0.15, 0.2) is 60.9 Å². The van der Waals surface area contributed by atoms with Crippen molar-refractivity contribution in [3.63, 3.8) is 0 Å². The van der Waals surface area contributed by atoms with E-state index in [1.807, 2.05) is 58.3 Å². The molecule has 1 amide bonds. The highest BCUT2D eigenvalue weighted by atomic mass is 16.2. The zero-order valence-electron chi connectivity index (χ0n) is 17.2. The van der Waals surface area contributed by atoms with Crippen LogP contribution in [0.3, 0.4) is 0 Å². The highest BCUT2D eigenvalue weighted by Crippen LogP contribution is 2.32. The van der Waals surface area contributed by atoms with E-state index < -0.39 is 0 Å². The summed E-state index contributed by atoms with van der Waals surface area (Å²) in [7, 11) is 0. The maximum Gasteiger partial charge on any atom is 0.223 e. The molecule has 0 N–H and O–H groups in total. The number of amides is 1. The van der Waals surface area contributed by atoms with Crippen LogP contribution >= 0.6 is 0 Å². The molecule has 2 aromatic heterocycles. The van der Waals surface area contributed by atoms with Gasteiger partial charge in [-0.1, -0.05) is 50.2 Å². The summed E-state index contributed by atoms with van der Waals surface area (Å²) in [6.07, 6.45) is 7.09.